The monoisotopic (exact) mass is 389 g/mol. The van der Waals surface area contributed by atoms with Crippen LogP contribution in [0.25, 0.3) is 6.08 Å². The van der Waals surface area contributed by atoms with Crippen LogP contribution in [0.2, 0.25) is 5.02 Å². The maximum Gasteiger partial charge on any atom is 0.298 e. The summed E-state index contributed by atoms with van der Waals surface area (Å²) in [5, 5.41) is 6.14. The molecule has 4 rings (SSSR count). The van der Waals surface area contributed by atoms with Crippen LogP contribution in [-0.4, -0.2) is 23.0 Å². The zero-order valence-electron chi connectivity index (χ0n) is 15.0. The third-order valence-corrected chi connectivity index (χ3v) is 4.47. The average Bonchev–Trinajstić information content (AvgIpc) is 3.26. The van der Waals surface area contributed by atoms with Gasteiger partial charge in [-0.2, -0.15) is 10.1 Å². The molecule has 0 saturated heterocycles. The Morgan fingerprint density at radius 3 is 2.50 bits per heavy atom. The molecule has 0 aliphatic carbocycles. The average molecular weight is 390 g/mol. The lowest BCUT2D eigenvalue weighted by Gasteiger charge is -2.11. The number of carbonyl (C=O) groups excluding carboxylic acids is 1. The second-order valence-corrected chi connectivity index (χ2v) is 6.57. The van der Waals surface area contributed by atoms with E-state index >= 15 is 0 Å². The van der Waals surface area contributed by atoms with Gasteiger partial charge < -0.3 is 4.42 Å². The van der Waals surface area contributed by atoms with E-state index < -0.39 is 0 Å². The smallest absolute Gasteiger partial charge is 0.298 e. The van der Waals surface area contributed by atoms with Crippen molar-refractivity contribution in [2.24, 2.45) is 10.1 Å². The molecule has 0 radical (unpaired) electrons. The van der Waals surface area contributed by atoms with E-state index in [1.54, 1.807) is 18.2 Å². The highest BCUT2D eigenvalue weighted by atomic mass is 35.5. The fourth-order valence-corrected chi connectivity index (χ4v) is 2.96. The summed E-state index contributed by atoms with van der Waals surface area (Å²) in [6.07, 6.45) is 3.17. The molecule has 1 aromatic heterocycles. The number of carbonyl (C=O) groups is 1. The maximum atomic E-state index is 13.0. The van der Waals surface area contributed by atoms with Crippen molar-refractivity contribution in [2.75, 3.05) is 0 Å². The van der Waals surface area contributed by atoms with Gasteiger partial charge in [-0.25, -0.2) is 4.99 Å². The van der Waals surface area contributed by atoms with E-state index in [1.165, 1.54) is 11.2 Å². The van der Waals surface area contributed by atoms with Crippen LogP contribution in [0.5, 0.6) is 0 Å². The summed E-state index contributed by atoms with van der Waals surface area (Å²) in [5.74, 6) is 1.44. The highest BCUT2D eigenvalue weighted by Crippen LogP contribution is 2.25. The van der Waals surface area contributed by atoms with Gasteiger partial charge in [0.1, 0.15) is 17.2 Å². The van der Waals surface area contributed by atoms with Gasteiger partial charge in [-0.15, -0.1) is 0 Å². The number of amides is 1. The van der Waals surface area contributed by atoms with Gasteiger partial charge in [-0.3, -0.25) is 4.79 Å². The van der Waals surface area contributed by atoms with Gasteiger partial charge in [0.25, 0.3) is 5.91 Å². The molecule has 28 heavy (non-hydrogen) atoms. The Bertz CT molecular complexity index is 1110. The van der Waals surface area contributed by atoms with Gasteiger partial charge >= 0.3 is 0 Å². The van der Waals surface area contributed by atoms with Crippen LogP contribution in [-0.2, 0) is 4.79 Å². The van der Waals surface area contributed by atoms with Crippen LogP contribution in [0.3, 0.4) is 0 Å². The molecule has 1 aliphatic heterocycles. The molecule has 5 nitrogen and oxygen atoms in total. The molecule has 6 heteroatoms. The molecular formula is C22H16ClN3O2. The highest BCUT2D eigenvalue weighted by molar-refractivity contribution is 6.32. The number of hydrazone groups is 1. The molecule has 0 atom stereocenters. The minimum Gasteiger partial charge on any atom is -0.460 e. The van der Waals surface area contributed by atoms with Crippen molar-refractivity contribution < 1.29 is 9.21 Å². The molecule has 0 bridgehead atoms. The van der Waals surface area contributed by atoms with Crippen molar-refractivity contribution in [1.29, 1.82) is 0 Å². The predicted molar refractivity (Wildman–Crippen MR) is 110 cm³/mol. The fraction of sp³-hybridized carbons (Fsp3) is 0.0455. The van der Waals surface area contributed by atoms with Gasteiger partial charge in [-0.1, -0.05) is 60.1 Å². The number of furan rings is 1. The van der Waals surface area contributed by atoms with E-state index in [9.17, 15) is 4.79 Å². The van der Waals surface area contributed by atoms with E-state index in [-0.39, 0.29) is 11.6 Å². The molecule has 0 unspecified atom stereocenters. The van der Waals surface area contributed by atoms with Crippen molar-refractivity contribution in [3.63, 3.8) is 0 Å². The number of benzene rings is 2. The summed E-state index contributed by atoms with van der Waals surface area (Å²) in [5.41, 5.74) is 1.77. The zero-order chi connectivity index (χ0) is 19.5. The van der Waals surface area contributed by atoms with Crippen molar-refractivity contribution in [1.82, 2.24) is 5.01 Å². The lowest BCUT2D eigenvalue weighted by atomic mass is 10.2. The minimum absolute atomic E-state index is 0.264. The van der Waals surface area contributed by atoms with Gasteiger partial charge in [0.15, 0.2) is 5.84 Å². The van der Waals surface area contributed by atoms with E-state index in [2.05, 4.69) is 10.1 Å². The highest BCUT2D eigenvalue weighted by Gasteiger charge is 2.31. The second-order valence-electron chi connectivity index (χ2n) is 6.16. The van der Waals surface area contributed by atoms with Crippen LogP contribution in [0.1, 0.15) is 22.6 Å². The number of aryl methyl sites for hydroxylation is 1. The Morgan fingerprint density at radius 1 is 1.04 bits per heavy atom. The lowest BCUT2D eigenvalue weighted by molar-refractivity contribution is -0.122. The topological polar surface area (TPSA) is 58.2 Å². The predicted octanol–water partition coefficient (Wildman–Crippen LogP) is 4.91. The Hall–Kier alpha value is -3.44. The summed E-state index contributed by atoms with van der Waals surface area (Å²) in [6.45, 7) is 1.85. The number of hydrogen-bond donors (Lipinski definition) is 0. The molecule has 1 amide bonds. The summed E-state index contributed by atoms with van der Waals surface area (Å²) >= 11 is 6.22. The van der Waals surface area contributed by atoms with Crippen LogP contribution < -0.4 is 0 Å². The SMILES string of the molecule is Cc1ccc(/C=N\N2C(=O)/C(=C/c3ccccc3Cl)N=C2c2ccccc2)o1. The molecule has 1 aliphatic rings. The third-order valence-electron chi connectivity index (χ3n) is 4.13. The normalized spacial score (nSPS) is 15.6. The van der Waals surface area contributed by atoms with Gasteiger partial charge in [0.2, 0.25) is 0 Å². The fourth-order valence-electron chi connectivity index (χ4n) is 2.77. The van der Waals surface area contributed by atoms with Crippen LogP contribution in [0, 0.1) is 6.92 Å². The first kappa shape index (κ1) is 17.9. The molecule has 3 aromatic rings. The van der Waals surface area contributed by atoms with Crippen LogP contribution >= 0.6 is 11.6 Å². The Morgan fingerprint density at radius 2 is 1.79 bits per heavy atom. The molecule has 0 spiro atoms. The van der Waals surface area contributed by atoms with Gasteiger partial charge in [0, 0.05) is 10.6 Å². The molecule has 138 valence electrons. The van der Waals surface area contributed by atoms with Crippen LogP contribution in [0.15, 0.2) is 86.9 Å². The zero-order valence-corrected chi connectivity index (χ0v) is 15.8. The van der Waals surface area contributed by atoms with E-state index in [4.69, 9.17) is 16.0 Å². The number of amidine groups is 1. The quantitative estimate of drug-likeness (QED) is 0.470. The van der Waals surface area contributed by atoms with Crippen molar-refractivity contribution >= 4 is 35.6 Å². The molecule has 2 heterocycles. The summed E-state index contributed by atoms with van der Waals surface area (Å²) in [4.78, 5) is 17.5. The van der Waals surface area contributed by atoms with Crippen LogP contribution in [0.4, 0.5) is 0 Å². The largest absolute Gasteiger partial charge is 0.460 e. The Balaban J connectivity index is 1.74. The molecular weight excluding hydrogens is 374 g/mol. The van der Waals surface area contributed by atoms with Gasteiger partial charge in [0.05, 0.1) is 6.21 Å². The number of nitrogens with zero attached hydrogens (tertiary/aromatic N) is 3. The van der Waals surface area contributed by atoms with Crippen molar-refractivity contribution in [3.8, 4) is 0 Å². The first-order valence-electron chi connectivity index (χ1n) is 8.67. The Labute approximate surface area is 167 Å². The van der Waals surface area contributed by atoms with E-state index in [1.807, 2.05) is 61.5 Å². The van der Waals surface area contributed by atoms with Crippen molar-refractivity contribution in [3.05, 3.63) is 100 Å². The lowest BCUT2D eigenvalue weighted by Crippen LogP contribution is -2.27. The molecule has 0 saturated carbocycles. The van der Waals surface area contributed by atoms with E-state index in [0.717, 1.165) is 16.9 Å². The number of rotatable bonds is 4. The van der Waals surface area contributed by atoms with Gasteiger partial charge in [-0.05, 0) is 36.8 Å². The maximum absolute atomic E-state index is 13.0. The summed E-state index contributed by atoms with van der Waals surface area (Å²) in [7, 11) is 0. The van der Waals surface area contributed by atoms with E-state index in [0.29, 0.717) is 16.6 Å². The standard InChI is InChI=1S/C22H16ClN3O2/c1-15-11-12-18(28-15)14-24-26-21(16-7-3-2-4-8-16)25-20(22(26)27)13-17-9-5-6-10-19(17)23/h2-14H,1H3/b20-13-,24-14-. The summed E-state index contributed by atoms with van der Waals surface area (Å²) in [6, 6.07) is 20.3. The molecule has 0 N–H and O–H groups in total. The summed E-state index contributed by atoms with van der Waals surface area (Å²) < 4.78 is 5.50. The second kappa shape index (κ2) is 7.66. The third kappa shape index (κ3) is 3.66. The first-order chi connectivity index (χ1) is 13.6. The molecule has 2 aromatic carbocycles. The van der Waals surface area contributed by atoms with Crippen molar-refractivity contribution in [2.45, 2.75) is 6.92 Å². The number of hydrogen-bond acceptors (Lipinski definition) is 4. The number of halogens is 1. The first-order valence-corrected chi connectivity index (χ1v) is 9.05. The minimum atomic E-state index is -0.335. The molecule has 0 fully saturated rings. The number of aliphatic imine (C=N–C) groups is 1. The Kier molecular flexibility index (Phi) is 4.91.